The van der Waals surface area contributed by atoms with Crippen molar-refractivity contribution in [3.8, 4) is 17.2 Å². The molecule has 0 spiro atoms. The molecule has 0 heterocycles. The molecule has 0 aliphatic rings. The molecule has 0 aliphatic carbocycles. The lowest BCUT2D eigenvalue weighted by atomic mass is 10.1. The average Bonchev–Trinajstić information content (AvgIpc) is 2.77. The van der Waals surface area contributed by atoms with Gasteiger partial charge in [0.2, 0.25) is 0 Å². The summed E-state index contributed by atoms with van der Waals surface area (Å²) in [5.41, 5.74) is 2.28. The first-order chi connectivity index (χ1) is 14.5. The van der Waals surface area contributed by atoms with E-state index in [1.54, 1.807) is 48.5 Å². The number of phenols is 1. The molecule has 0 amide bonds. The van der Waals surface area contributed by atoms with Gasteiger partial charge in [-0.25, -0.2) is 4.79 Å². The van der Waals surface area contributed by atoms with E-state index in [-0.39, 0.29) is 23.7 Å². The summed E-state index contributed by atoms with van der Waals surface area (Å²) in [6.45, 7) is 0.255. The van der Waals surface area contributed by atoms with Crippen LogP contribution < -0.4 is 9.47 Å². The lowest BCUT2D eigenvalue weighted by molar-refractivity contribution is 0.0696. The fourth-order valence-electron chi connectivity index (χ4n) is 2.71. The molecule has 3 rings (SSSR count). The molecule has 152 valence electrons. The van der Waals surface area contributed by atoms with E-state index in [4.69, 9.17) is 14.6 Å². The lowest BCUT2D eigenvalue weighted by Gasteiger charge is -2.11. The van der Waals surface area contributed by atoms with Crippen molar-refractivity contribution >= 4 is 17.8 Å². The van der Waals surface area contributed by atoms with Gasteiger partial charge in [-0.2, -0.15) is 0 Å². The fourth-order valence-corrected chi connectivity index (χ4v) is 2.71. The Kier molecular flexibility index (Phi) is 6.49. The van der Waals surface area contributed by atoms with Gasteiger partial charge < -0.3 is 19.7 Å². The van der Waals surface area contributed by atoms with E-state index in [2.05, 4.69) is 0 Å². The third-order valence-electron chi connectivity index (χ3n) is 4.36. The number of allylic oxidation sites excluding steroid dienone is 1. The Labute approximate surface area is 173 Å². The van der Waals surface area contributed by atoms with Crippen LogP contribution in [0.4, 0.5) is 0 Å². The van der Waals surface area contributed by atoms with Crippen molar-refractivity contribution in [2.24, 2.45) is 0 Å². The Hall–Kier alpha value is -4.06. The van der Waals surface area contributed by atoms with Crippen LogP contribution in [0.5, 0.6) is 17.2 Å². The van der Waals surface area contributed by atoms with E-state index in [0.29, 0.717) is 17.1 Å². The zero-order valence-electron chi connectivity index (χ0n) is 16.2. The van der Waals surface area contributed by atoms with Gasteiger partial charge >= 0.3 is 5.97 Å². The molecule has 30 heavy (non-hydrogen) atoms. The summed E-state index contributed by atoms with van der Waals surface area (Å²) in [5, 5.41) is 18.2. The lowest BCUT2D eigenvalue weighted by Crippen LogP contribution is -2.00. The Morgan fingerprint density at radius 3 is 2.20 bits per heavy atom. The molecule has 0 saturated carbocycles. The number of rotatable bonds is 8. The first-order valence-electron chi connectivity index (χ1n) is 9.11. The monoisotopic (exact) mass is 404 g/mol. The number of methoxy groups -OCH3 is 1. The van der Waals surface area contributed by atoms with Crippen molar-refractivity contribution < 1.29 is 29.3 Å². The molecule has 0 saturated heterocycles. The van der Waals surface area contributed by atoms with Gasteiger partial charge in [-0.05, 0) is 65.7 Å². The zero-order valence-corrected chi connectivity index (χ0v) is 16.2. The molecule has 6 heteroatoms. The Morgan fingerprint density at radius 2 is 1.57 bits per heavy atom. The summed E-state index contributed by atoms with van der Waals surface area (Å²) in [5.74, 6) is -0.0114. The third kappa shape index (κ3) is 5.26. The minimum Gasteiger partial charge on any atom is -0.508 e. The molecule has 0 aliphatic heterocycles. The third-order valence-corrected chi connectivity index (χ3v) is 4.36. The topological polar surface area (TPSA) is 93.1 Å². The van der Waals surface area contributed by atoms with Crippen LogP contribution >= 0.6 is 0 Å². The first kappa shape index (κ1) is 20.7. The normalized spacial score (nSPS) is 10.7. The second-order valence-electron chi connectivity index (χ2n) is 6.45. The number of ketones is 1. The van der Waals surface area contributed by atoms with E-state index in [9.17, 15) is 14.7 Å². The van der Waals surface area contributed by atoms with E-state index < -0.39 is 5.97 Å². The number of hydrogen-bond donors (Lipinski definition) is 2. The van der Waals surface area contributed by atoms with Crippen molar-refractivity contribution in [1.82, 2.24) is 0 Å². The SMILES string of the molecule is COc1cc(C=CC(=O)c2ccc(O)cc2)ccc1OCc1ccc(C(=O)O)cc1. The van der Waals surface area contributed by atoms with Gasteiger partial charge in [0.15, 0.2) is 17.3 Å². The average molecular weight is 404 g/mol. The Bertz CT molecular complexity index is 1070. The molecule has 0 fully saturated rings. The minimum absolute atomic E-state index is 0.105. The number of carbonyl (C=O) groups is 2. The predicted octanol–water partition coefficient (Wildman–Crippen LogP) is 4.57. The molecular weight excluding hydrogens is 384 g/mol. The highest BCUT2D eigenvalue weighted by Crippen LogP contribution is 2.29. The van der Waals surface area contributed by atoms with E-state index in [1.807, 2.05) is 0 Å². The summed E-state index contributed by atoms with van der Waals surface area (Å²) in [4.78, 5) is 23.1. The number of hydrogen-bond acceptors (Lipinski definition) is 5. The highest BCUT2D eigenvalue weighted by Gasteiger charge is 2.07. The van der Waals surface area contributed by atoms with Gasteiger partial charge in [0.25, 0.3) is 0 Å². The molecule has 2 N–H and O–H groups in total. The molecule has 3 aromatic rings. The number of carboxylic acids is 1. The van der Waals surface area contributed by atoms with Crippen LogP contribution in [0.15, 0.2) is 72.8 Å². The number of phenolic OH excluding ortho intramolecular Hbond substituents is 1. The van der Waals surface area contributed by atoms with E-state index >= 15 is 0 Å². The van der Waals surface area contributed by atoms with Gasteiger partial charge in [-0.15, -0.1) is 0 Å². The van der Waals surface area contributed by atoms with Crippen LogP contribution in [0.25, 0.3) is 6.08 Å². The maximum absolute atomic E-state index is 12.2. The van der Waals surface area contributed by atoms with Crippen LogP contribution in [0.1, 0.15) is 31.8 Å². The predicted molar refractivity (Wildman–Crippen MR) is 112 cm³/mol. The maximum atomic E-state index is 12.2. The molecule has 0 radical (unpaired) electrons. The molecule has 0 aromatic heterocycles. The number of carbonyl (C=O) groups excluding carboxylic acids is 1. The van der Waals surface area contributed by atoms with Gasteiger partial charge in [-0.3, -0.25) is 4.79 Å². The van der Waals surface area contributed by atoms with Gasteiger partial charge in [-0.1, -0.05) is 24.3 Å². The number of ether oxygens (including phenoxy) is 2. The van der Waals surface area contributed by atoms with Gasteiger partial charge in [0.1, 0.15) is 12.4 Å². The number of benzene rings is 3. The van der Waals surface area contributed by atoms with Crippen molar-refractivity contribution in [1.29, 1.82) is 0 Å². The van der Waals surface area contributed by atoms with Crippen LogP contribution in [0, 0.1) is 0 Å². The van der Waals surface area contributed by atoms with Crippen LogP contribution in [-0.4, -0.2) is 29.1 Å². The fraction of sp³-hybridized carbons (Fsp3) is 0.0833. The molecule has 0 atom stereocenters. The van der Waals surface area contributed by atoms with Crippen molar-refractivity contribution in [3.05, 3.63) is 95.1 Å². The van der Waals surface area contributed by atoms with Crippen LogP contribution in [0.3, 0.4) is 0 Å². The second kappa shape index (κ2) is 9.43. The van der Waals surface area contributed by atoms with Crippen molar-refractivity contribution in [2.45, 2.75) is 6.61 Å². The van der Waals surface area contributed by atoms with E-state index in [1.165, 1.54) is 37.5 Å². The summed E-state index contributed by atoms with van der Waals surface area (Å²) in [6.07, 6.45) is 3.12. The smallest absolute Gasteiger partial charge is 0.335 e. The standard InChI is InChI=1S/C24H20O6/c1-29-23-14-16(4-12-21(26)18-8-10-20(25)11-9-18)5-13-22(23)30-15-17-2-6-19(7-3-17)24(27)28/h2-14,25H,15H2,1H3,(H,27,28). The van der Waals surface area contributed by atoms with Crippen molar-refractivity contribution in [3.63, 3.8) is 0 Å². The molecule has 3 aromatic carbocycles. The molecular formula is C24H20O6. The van der Waals surface area contributed by atoms with Gasteiger partial charge in [0.05, 0.1) is 12.7 Å². The van der Waals surface area contributed by atoms with E-state index in [0.717, 1.165) is 11.1 Å². The summed E-state index contributed by atoms with van der Waals surface area (Å²) in [6, 6.07) is 17.8. The number of aromatic carboxylic acids is 1. The summed E-state index contributed by atoms with van der Waals surface area (Å²) in [7, 11) is 1.53. The van der Waals surface area contributed by atoms with Gasteiger partial charge in [0, 0.05) is 5.56 Å². The number of aromatic hydroxyl groups is 1. The largest absolute Gasteiger partial charge is 0.508 e. The Balaban J connectivity index is 1.67. The molecule has 0 bridgehead atoms. The second-order valence-corrected chi connectivity index (χ2v) is 6.45. The Morgan fingerprint density at radius 1 is 0.900 bits per heavy atom. The summed E-state index contributed by atoms with van der Waals surface area (Å²) < 4.78 is 11.2. The quantitative estimate of drug-likeness (QED) is 0.422. The zero-order chi connectivity index (χ0) is 21.5. The number of carboxylic acid groups (broad SMARTS) is 1. The highest BCUT2D eigenvalue weighted by molar-refractivity contribution is 6.06. The molecule has 6 nitrogen and oxygen atoms in total. The first-order valence-corrected chi connectivity index (χ1v) is 9.11. The molecule has 0 unspecified atom stereocenters. The highest BCUT2D eigenvalue weighted by atomic mass is 16.5. The maximum Gasteiger partial charge on any atom is 0.335 e. The van der Waals surface area contributed by atoms with Crippen LogP contribution in [0.2, 0.25) is 0 Å². The van der Waals surface area contributed by atoms with Crippen molar-refractivity contribution in [2.75, 3.05) is 7.11 Å². The summed E-state index contributed by atoms with van der Waals surface area (Å²) >= 11 is 0. The minimum atomic E-state index is -0.975. The van der Waals surface area contributed by atoms with Crippen LogP contribution in [-0.2, 0) is 6.61 Å².